The minimum Gasteiger partial charge on any atom is -0.326 e. The van der Waals surface area contributed by atoms with Gasteiger partial charge in [0, 0.05) is 30.9 Å². The number of rotatable bonds is 5. The van der Waals surface area contributed by atoms with Gasteiger partial charge in [-0.25, -0.2) is 4.39 Å². The summed E-state index contributed by atoms with van der Waals surface area (Å²) in [6.45, 7) is 1.95. The molecule has 0 saturated carbocycles. The van der Waals surface area contributed by atoms with E-state index < -0.39 is 11.4 Å². The first kappa shape index (κ1) is 18.5. The van der Waals surface area contributed by atoms with Gasteiger partial charge < -0.3 is 5.32 Å². The van der Waals surface area contributed by atoms with Crippen LogP contribution in [0, 0.1) is 12.7 Å². The molecule has 1 amide bonds. The van der Waals surface area contributed by atoms with Crippen LogP contribution in [-0.2, 0) is 11.2 Å². The third-order valence-corrected chi connectivity index (χ3v) is 4.51. The van der Waals surface area contributed by atoms with Crippen LogP contribution in [0.1, 0.15) is 17.8 Å². The maximum atomic E-state index is 13.5. The van der Waals surface area contributed by atoms with Gasteiger partial charge in [0.15, 0.2) is 0 Å². The van der Waals surface area contributed by atoms with E-state index >= 15 is 0 Å². The average Bonchev–Trinajstić information content (AvgIpc) is 3.11. The first-order valence-electron chi connectivity index (χ1n) is 9.09. The number of carbonyl (C=O) groups excluding carboxylic acids is 1. The van der Waals surface area contributed by atoms with Gasteiger partial charge in [0.1, 0.15) is 11.6 Å². The topological polar surface area (TPSA) is 81.3 Å². The molecule has 4 aromatic rings. The van der Waals surface area contributed by atoms with E-state index in [4.69, 9.17) is 0 Å². The first-order chi connectivity index (χ1) is 14.0. The molecular formula is C21H18FN5O2. The molecule has 2 aromatic heterocycles. The van der Waals surface area contributed by atoms with Crippen LogP contribution in [0.25, 0.3) is 11.3 Å². The van der Waals surface area contributed by atoms with Crippen molar-refractivity contribution in [3.8, 4) is 5.69 Å². The second-order valence-corrected chi connectivity index (χ2v) is 6.68. The summed E-state index contributed by atoms with van der Waals surface area (Å²) in [6, 6.07) is 13.3. The van der Waals surface area contributed by atoms with Crippen LogP contribution in [0.3, 0.4) is 0 Å². The Morgan fingerprint density at radius 3 is 2.72 bits per heavy atom. The average molecular weight is 391 g/mol. The van der Waals surface area contributed by atoms with Gasteiger partial charge in [0.25, 0.3) is 0 Å². The molecule has 0 aliphatic carbocycles. The molecule has 2 heterocycles. The lowest BCUT2D eigenvalue weighted by molar-refractivity contribution is -0.116. The van der Waals surface area contributed by atoms with Crippen molar-refractivity contribution >= 4 is 17.2 Å². The second-order valence-electron chi connectivity index (χ2n) is 6.68. The Balaban J connectivity index is 1.53. The van der Waals surface area contributed by atoms with Crippen LogP contribution >= 0.6 is 0 Å². The number of anilines is 1. The fourth-order valence-corrected chi connectivity index (χ4v) is 3.11. The highest BCUT2D eigenvalue weighted by atomic mass is 19.1. The summed E-state index contributed by atoms with van der Waals surface area (Å²) in [5, 5.41) is 10.8. The third-order valence-electron chi connectivity index (χ3n) is 4.51. The van der Waals surface area contributed by atoms with Crippen LogP contribution in [-0.4, -0.2) is 25.1 Å². The van der Waals surface area contributed by atoms with Crippen molar-refractivity contribution in [2.45, 2.75) is 19.8 Å². The van der Waals surface area contributed by atoms with E-state index in [1.807, 2.05) is 31.2 Å². The number of carbonyl (C=O) groups is 1. The molecule has 0 bridgehead atoms. The lowest BCUT2D eigenvalue weighted by Gasteiger charge is -2.07. The van der Waals surface area contributed by atoms with Crippen molar-refractivity contribution in [3.05, 3.63) is 88.5 Å². The summed E-state index contributed by atoms with van der Waals surface area (Å²) in [5.41, 5.74) is 1.89. The number of halogens is 1. The van der Waals surface area contributed by atoms with E-state index in [-0.39, 0.29) is 18.0 Å². The molecule has 0 atom stereocenters. The maximum absolute atomic E-state index is 13.5. The normalized spacial score (nSPS) is 11.0. The lowest BCUT2D eigenvalue weighted by atomic mass is 10.2. The van der Waals surface area contributed by atoms with Gasteiger partial charge >= 0.3 is 5.56 Å². The molecule has 0 spiro atoms. The van der Waals surface area contributed by atoms with Gasteiger partial charge in [-0.05, 0) is 42.8 Å². The molecule has 146 valence electrons. The zero-order valence-corrected chi connectivity index (χ0v) is 15.7. The molecule has 8 heteroatoms. The van der Waals surface area contributed by atoms with Crippen LogP contribution < -0.4 is 10.9 Å². The number of hydrogen-bond acceptors (Lipinski definition) is 4. The third kappa shape index (κ3) is 3.91. The van der Waals surface area contributed by atoms with Crippen LogP contribution in [0.4, 0.5) is 10.1 Å². The fourth-order valence-electron chi connectivity index (χ4n) is 3.11. The van der Waals surface area contributed by atoms with E-state index in [0.29, 0.717) is 17.9 Å². The van der Waals surface area contributed by atoms with E-state index in [0.717, 1.165) is 11.3 Å². The highest BCUT2D eigenvalue weighted by molar-refractivity contribution is 5.90. The number of nitrogens with zero attached hydrogens (tertiary/aromatic N) is 4. The zero-order chi connectivity index (χ0) is 20.4. The zero-order valence-electron chi connectivity index (χ0n) is 15.7. The van der Waals surface area contributed by atoms with E-state index in [2.05, 4.69) is 15.5 Å². The number of amides is 1. The maximum Gasteiger partial charge on any atom is 0.300 e. The quantitative estimate of drug-likeness (QED) is 0.567. The number of aryl methyl sites for hydroxylation is 2. The molecule has 29 heavy (non-hydrogen) atoms. The fraction of sp³-hybridized carbons (Fsp3) is 0.143. The standard InChI is InChI=1S/C21H18FN5O2/c1-14-4-2-6-16(12-14)23-19(28)9-8-18-24-25-20-21(29)26(10-11-27(18)20)17-7-3-5-15(22)13-17/h2-7,10-13H,8-9H2,1H3,(H,23,28). The molecule has 0 unspecified atom stereocenters. The van der Waals surface area contributed by atoms with Gasteiger partial charge in [-0.15, -0.1) is 10.2 Å². The molecule has 1 N–H and O–H groups in total. The van der Waals surface area contributed by atoms with Crippen molar-refractivity contribution in [1.29, 1.82) is 0 Å². The minimum atomic E-state index is -0.434. The monoisotopic (exact) mass is 391 g/mol. The molecule has 0 radical (unpaired) electrons. The largest absolute Gasteiger partial charge is 0.326 e. The molecule has 0 aliphatic rings. The van der Waals surface area contributed by atoms with Crippen molar-refractivity contribution in [3.63, 3.8) is 0 Å². The molecule has 0 saturated heterocycles. The summed E-state index contributed by atoms with van der Waals surface area (Å²) in [6.07, 6.45) is 3.68. The predicted octanol–water partition coefficient (Wildman–Crippen LogP) is 2.90. The highest BCUT2D eigenvalue weighted by Gasteiger charge is 2.13. The first-order valence-corrected chi connectivity index (χ1v) is 9.09. The molecule has 7 nitrogen and oxygen atoms in total. The van der Waals surface area contributed by atoms with Gasteiger partial charge in [0.05, 0.1) is 5.69 Å². The van der Waals surface area contributed by atoms with Crippen molar-refractivity contribution in [1.82, 2.24) is 19.2 Å². The van der Waals surface area contributed by atoms with Crippen molar-refractivity contribution < 1.29 is 9.18 Å². The van der Waals surface area contributed by atoms with E-state index in [1.54, 1.807) is 16.7 Å². The predicted molar refractivity (Wildman–Crippen MR) is 107 cm³/mol. The number of aromatic nitrogens is 4. The Bertz CT molecular complexity index is 1260. The summed E-state index contributed by atoms with van der Waals surface area (Å²) >= 11 is 0. The van der Waals surface area contributed by atoms with Crippen molar-refractivity contribution in [2.24, 2.45) is 0 Å². The minimum absolute atomic E-state index is 0.117. The Kier molecular flexibility index (Phi) is 4.90. The van der Waals surface area contributed by atoms with Gasteiger partial charge in [-0.2, -0.15) is 0 Å². The number of hydrogen-bond donors (Lipinski definition) is 1. The summed E-state index contributed by atoms with van der Waals surface area (Å²) in [4.78, 5) is 24.9. The Hall–Kier alpha value is -3.81. The smallest absolute Gasteiger partial charge is 0.300 e. The second kappa shape index (κ2) is 7.67. The van der Waals surface area contributed by atoms with Gasteiger partial charge in [-0.3, -0.25) is 18.6 Å². The summed E-state index contributed by atoms with van der Waals surface area (Å²) < 4.78 is 16.3. The highest BCUT2D eigenvalue weighted by Crippen LogP contribution is 2.12. The molecule has 0 fully saturated rings. The van der Waals surface area contributed by atoms with Crippen LogP contribution in [0.15, 0.2) is 65.7 Å². The Labute approximate surface area is 165 Å². The number of nitrogens with one attached hydrogen (secondary N) is 1. The Morgan fingerprint density at radius 1 is 1.10 bits per heavy atom. The number of fused-ring (bicyclic) bond motifs is 1. The van der Waals surface area contributed by atoms with E-state index in [9.17, 15) is 14.0 Å². The summed E-state index contributed by atoms with van der Waals surface area (Å²) in [7, 11) is 0. The Morgan fingerprint density at radius 2 is 1.93 bits per heavy atom. The van der Waals surface area contributed by atoms with Crippen LogP contribution in [0.5, 0.6) is 0 Å². The van der Waals surface area contributed by atoms with Gasteiger partial charge in [-0.1, -0.05) is 18.2 Å². The molecular weight excluding hydrogens is 373 g/mol. The SMILES string of the molecule is Cc1cccc(NC(=O)CCc2nnc3c(=O)n(-c4cccc(F)c4)ccn23)c1. The summed E-state index contributed by atoms with van der Waals surface area (Å²) in [5.74, 6) is -0.0839. The molecule has 0 aliphatic heterocycles. The molecule has 2 aromatic carbocycles. The van der Waals surface area contributed by atoms with Gasteiger partial charge in [0.2, 0.25) is 11.6 Å². The van der Waals surface area contributed by atoms with Crippen LogP contribution in [0.2, 0.25) is 0 Å². The molecule has 4 rings (SSSR count). The number of benzene rings is 2. The lowest BCUT2D eigenvalue weighted by Crippen LogP contribution is -2.20. The van der Waals surface area contributed by atoms with E-state index in [1.165, 1.54) is 29.0 Å². The van der Waals surface area contributed by atoms with Crippen molar-refractivity contribution in [2.75, 3.05) is 5.32 Å².